The Balaban J connectivity index is 2.48. The van der Waals surface area contributed by atoms with Crippen LogP contribution >= 0.6 is 0 Å². The van der Waals surface area contributed by atoms with Crippen molar-refractivity contribution in [3.8, 4) is 0 Å². The molecule has 2 nitrogen and oxygen atoms in total. The molecule has 2 rings (SSSR count). The van der Waals surface area contributed by atoms with Crippen molar-refractivity contribution in [2.75, 3.05) is 11.4 Å². The van der Waals surface area contributed by atoms with Crippen molar-refractivity contribution in [1.82, 2.24) is 4.98 Å². The zero-order chi connectivity index (χ0) is 13.3. The van der Waals surface area contributed by atoms with E-state index in [1.54, 1.807) is 0 Å². The van der Waals surface area contributed by atoms with Crippen molar-refractivity contribution >= 4 is 5.69 Å². The maximum atomic E-state index is 13.7. The molecule has 1 aromatic heterocycles. The zero-order valence-corrected chi connectivity index (χ0v) is 10.0. The lowest BCUT2D eigenvalue weighted by Crippen LogP contribution is -2.40. The van der Waals surface area contributed by atoms with Crippen LogP contribution in [0.15, 0.2) is 0 Å². The molecule has 1 aliphatic heterocycles. The summed E-state index contributed by atoms with van der Waals surface area (Å²) in [5.41, 5.74) is -0.619. The number of hydrogen-bond acceptors (Lipinski definition) is 2. The second-order valence-corrected chi connectivity index (χ2v) is 4.42. The molecular formula is C12H14F4N2. The molecule has 1 aromatic rings. The lowest BCUT2D eigenvalue weighted by Gasteiger charge is -2.37. The van der Waals surface area contributed by atoms with E-state index >= 15 is 0 Å². The van der Waals surface area contributed by atoms with E-state index < -0.39 is 29.2 Å². The summed E-state index contributed by atoms with van der Waals surface area (Å²) >= 11 is 0. The zero-order valence-electron chi connectivity index (χ0n) is 10.0. The van der Waals surface area contributed by atoms with Crippen LogP contribution in [-0.2, 0) is 0 Å². The second kappa shape index (κ2) is 5.12. The number of halogens is 4. The summed E-state index contributed by atoms with van der Waals surface area (Å²) in [4.78, 5) is 3.99. The van der Waals surface area contributed by atoms with Crippen molar-refractivity contribution < 1.29 is 17.6 Å². The van der Waals surface area contributed by atoms with Gasteiger partial charge in [-0.1, -0.05) is 6.92 Å². The first-order valence-corrected chi connectivity index (χ1v) is 6.02. The van der Waals surface area contributed by atoms with Crippen LogP contribution in [0, 0.1) is 23.5 Å². The monoisotopic (exact) mass is 262 g/mol. The van der Waals surface area contributed by atoms with Gasteiger partial charge in [-0.05, 0) is 25.7 Å². The van der Waals surface area contributed by atoms with E-state index in [9.17, 15) is 17.6 Å². The highest BCUT2D eigenvalue weighted by molar-refractivity contribution is 5.49. The maximum absolute atomic E-state index is 13.7. The average molecular weight is 262 g/mol. The number of hydrogen-bond donors (Lipinski definition) is 0. The third-order valence-electron chi connectivity index (χ3n) is 3.36. The molecule has 18 heavy (non-hydrogen) atoms. The first kappa shape index (κ1) is 13.1. The van der Waals surface area contributed by atoms with Gasteiger partial charge in [0.05, 0.1) is 0 Å². The van der Waals surface area contributed by atoms with Crippen LogP contribution in [-0.4, -0.2) is 17.6 Å². The van der Waals surface area contributed by atoms with Crippen molar-refractivity contribution in [1.29, 1.82) is 0 Å². The smallest absolute Gasteiger partial charge is 0.253 e. The summed E-state index contributed by atoms with van der Waals surface area (Å²) in [6.45, 7) is 2.28. The normalized spacial score (nSPS) is 20.3. The Labute approximate surface area is 103 Å². The number of pyridine rings is 1. The molecule has 1 unspecified atom stereocenters. The highest BCUT2D eigenvalue weighted by atomic mass is 19.2. The van der Waals surface area contributed by atoms with E-state index in [2.05, 4.69) is 4.98 Å². The molecule has 0 bridgehead atoms. The Morgan fingerprint density at radius 3 is 2.28 bits per heavy atom. The topological polar surface area (TPSA) is 16.1 Å². The molecule has 100 valence electrons. The van der Waals surface area contributed by atoms with E-state index in [0.29, 0.717) is 13.0 Å². The van der Waals surface area contributed by atoms with E-state index in [0.717, 1.165) is 19.3 Å². The highest BCUT2D eigenvalue weighted by Crippen LogP contribution is 2.32. The average Bonchev–Trinajstić information content (AvgIpc) is 2.37. The van der Waals surface area contributed by atoms with Crippen LogP contribution in [0.2, 0.25) is 0 Å². The second-order valence-electron chi connectivity index (χ2n) is 4.42. The molecule has 0 amide bonds. The molecular weight excluding hydrogens is 248 g/mol. The largest absolute Gasteiger partial charge is 0.364 e. The van der Waals surface area contributed by atoms with Crippen LogP contribution in [0.5, 0.6) is 0 Å². The maximum Gasteiger partial charge on any atom is 0.253 e. The summed E-state index contributed by atoms with van der Waals surface area (Å²) in [6.07, 6.45) is 3.14. The van der Waals surface area contributed by atoms with Crippen LogP contribution in [0.4, 0.5) is 23.2 Å². The Morgan fingerprint density at radius 2 is 1.72 bits per heavy atom. The van der Waals surface area contributed by atoms with Gasteiger partial charge >= 0.3 is 0 Å². The number of aromatic nitrogens is 1. The minimum atomic E-state index is -1.59. The third kappa shape index (κ3) is 2.15. The summed E-state index contributed by atoms with van der Waals surface area (Å²) < 4.78 is 53.5. The standard InChI is InChI=1S/C12H14F4N2/c1-2-7-5-3-4-6-18(7)10-8(13)11(15)17-12(16)9(10)14/h7H,2-6H2,1H3. The minimum absolute atomic E-state index is 0.0936. The lowest BCUT2D eigenvalue weighted by molar-refractivity contribution is 0.386. The first-order valence-electron chi connectivity index (χ1n) is 6.02. The number of anilines is 1. The van der Waals surface area contributed by atoms with Gasteiger partial charge in [-0.2, -0.15) is 22.5 Å². The molecule has 1 atom stereocenters. The van der Waals surface area contributed by atoms with Crippen LogP contribution in [0.1, 0.15) is 32.6 Å². The number of nitrogens with zero attached hydrogens (tertiary/aromatic N) is 2. The van der Waals surface area contributed by atoms with Gasteiger partial charge in [0.2, 0.25) is 11.6 Å². The molecule has 0 saturated carbocycles. The van der Waals surface area contributed by atoms with Gasteiger partial charge in [-0.3, -0.25) is 0 Å². The van der Waals surface area contributed by atoms with Crippen LogP contribution < -0.4 is 4.90 Å². The van der Waals surface area contributed by atoms with Gasteiger partial charge in [0.25, 0.3) is 11.9 Å². The van der Waals surface area contributed by atoms with Crippen molar-refractivity contribution in [3.05, 3.63) is 23.5 Å². The van der Waals surface area contributed by atoms with Gasteiger partial charge in [0.1, 0.15) is 5.69 Å². The molecule has 6 heteroatoms. The quantitative estimate of drug-likeness (QED) is 0.600. The van der Waals surface area contributed by atoms with E-state index in [-0.39, 0.29) is 6.04 Å². The van der Waals surface area contributed by atoms with Gasteiger partial charge in [0.15, 0.2) is 0 Å². The molecule has 0 N–H and O–H groups in total. The van der Waals surface area contributed by atoms with Gasteiger partial charge in [0, 0.05) is 12.6 Å². The van der Waals surface area contributed by atoms with Gasteiger partial charge in [-0.15, -0.1) is 0 Å². The Bertz CT molecular complexity index is 424. The van der Waals surface area contributed by atoms with E-state index in [4.69, 9.17) is 0 Å². The molecule has 1 fully saturated rings. The Hall–Kier alpha value is -1.33. The molecule has 0 radical (unpaired) electrons. The third-order valence-corrected chi connectivity index (χ3v) is 3.36. The molecule has 2 heterocycles. The minimum Gasteiger partial charge on any atom is -0.364 e. The first-order chi connectivity index (χ1) is 8.56. The summed E-state index contributed by atoms with van der Waals surface area (Å²) in [7, 11) is 0. The number of rotatable bonds is 2. The summed E-state index contributed by atoms with van der Waals surface area (Å²) in [5.74, 6) is -6.00. The summed E-state index contributed by atoms with van der Waals surface area (Å²) in [5, 5.41) is 0. The van der Waals surface area contributed by atoms with E-state index in [1.807, 2.05) is 6.92 Å². The fraction of sp³-hybridized carbons (Fsp3) is 0.583. The molecule has 0 aliphatic carbocycles. The fourth-order valence-electron chi connectivity index (χ4n) is 2.45. The Morgan fingerprint density at radius 1 is 1.11 bits per heavy atom. The predicted molar refractivity (Wildman–Crippen MR) is 59.3 cm³/mol. The lowest BCUT2D eigenvalue weighted by atomic mass is 9.99. The van der Waals surface area contributed by atoms with Gasteiger partial charge in [-0.25, -0.2) is 0 Å². The molecule has 1 aliphatic rings. The predicted octanol–water partition coefficient (Wildman–Crippen LogP) is 3.41. The van der Waals surface area contributed by atoms with Crippen LogP contribution in [0.3, 0.4) is 0 Å². The van der Waals surface area contributed by atoms with Crippen molar-refractivity contribution in [2.24, 2.45) is 0 Å². The summed E-state index contributed by atoms with van der Waals surface area (Å²) in [6, 6.07) is -0.0936. The molecule has 1 saturated heterocycles. The molecule has 0 aromatic carbocycles. The molecule has 0 spiro atoms. The fourth-order valence-corrected chi connectivity index (χ4v) is 2.45. The SMILES string of the molecule is CCC1CCCCN1c1c(F)c(F)nc(F)c1F. The number of piperidine rings is 1. The van der Waals surface area contributed by atoms with Crippen LogP contribution in [0.25, 0.3) is 0 Å². The highest BCUT2D eigenvalue weighted by Gasteiger charge is 2.30. The van der Waals surface area contributed by atoms with E-state index in [1.165, 1.54) is 4.90 Å². The van der Waals surface area contributed by atoms with Crippen molar-refractivity contribution in [2.45, 2.75) is 38.6 Å². The van der Waals surface area contributed by atoms with Crippen molar-refractivity contribution in [3.63, 3.8) is 0 Å². The van der Waals surface area contributed by atoms with Gasteiger partial charge < -0.3 is 4.90 Å². The Kier molecular flexibility index (Phi) is 3.73.